The van der Waals surface area contributed by atoms with Gasteiger partial charge in [0.2, 0.25) is 0 Å². The van der Waals surface area contributed by atoms with Gasteiger partial charge >= 0.3 is 5.69 Å². The van der Waals surface area contributed by atoms with Gasteiger partial charge in [-0.2, -0.15) is 4.98 Å². The maximum atomic E-state index is 15.0. The smallest absolute Gasteiger partial charge is 0.351 e. The zero-order chi connectivity index (χ0) is 22.0. The van der Waals surface area contributed by atoms with Crippen LogP contribution in [0.25, 0.3) is 22.3 Å². The van der Waals surface area contributed by atoms with Gasteiger partial charge in [-0.3, -0.25) is 4.57 Å². The molecule has 0 bridgehead atoms. The third-order valence-corrected chi connectivity index (χ3v) is 5.26. The number of ether oxygens (including phenoxy) is 4. The van der Waals surface area contributed by atoms with Crippen LogP contribution in [0, 0.1) is 0 Å². The number of rotatable bonds is 8. The molecule has 4 N–H and O–H groups in total. The molecule has 1 saturated heterocycles. The molecule has 1 unspecified atom stereocenters. The van der Waals surface area contributed by atoms with Crippen LogP contribution in [0.4, 0.5) is 4.39 Å². The van der Waals surface area contributed by atoms with E-state index in [2.05, 4.69) is 15.7 Å². The molecule has 0 spiro atoms. The molecule has 0 amide bonds. The monoisotopic (exact) mass is 433 g/mol. The SMILES string of the molecule is COC[C@H]1O[C@@H](n2cc3cc(-c4ccccc4OCC[NH3+])[nH]c3nc2=O)[C@@H](F)C1OC. The second-order valence-corrected chi connectivity index (χ2v) is 7.28. The Bertz CT molecular complexity index is 1100. The van der Waals surface area contributed by atoms with Gasteiger partial charge in [-0.25, -0.2) is 9.18 Å². The first kappa shape index (κ1) is 21.4. The Labute approximate surface area is 177 Å². The lowest BCUT2D eigenvalue weighted by molar-refractivity contribution is -0.370. The average molecular weight is 433 g/mol. The van der Waals surface area contributed by atoms with Gasteiger partial charge < -0.3 is 29.7 Å². The van der Waals surface area contributed by atoms with Crippen molar-refractivity contribution in [2.45, 2.75) is 24.6 Å². The fourth-order valence-electron chi connectivity index (χ4n) is 3.83. The van der Waals surface area contributed by atoms with Gasteiger partial charge in [0.05, 0.1) is 12.3 Å². The number of fused-ring (bicyclic) bond motifs is 1. The lowest BCUT2D eigenvalue weighted by atomic mass is 10.1. The summed E-state index contributed by atoms with van der Waals surface area (Å²) >= 11 is 0. The van der Waals surface area contributed by atoms with Gasteiger partial charge in [-0.15, -0.1) is 0 Å². The van der Waals surface area contributed by atoms with Gasteiger partial charge in [0, 0.05) is 31.4 Å². The number of halogens is 1. The highest BCUT2D eigenvalue weighted by Gasteiger charge is 2.47. The van der Waals surface area contributed by atoms with Crippen LogP contribution in [0.15, 0.2) is 41.3 Å². The fourth-order valence-corrected chi connectivity index (χ4v) is 3.83. The van der Waals surface area contributed by atoms with Gasteiger partial charge in [-0.05, 0) is 18.2 Å². The molecule has 166 valence electrons. The van der Waals surface area contributed by atoms with Gasteiger partial charge in [0.1, 0.15) is 36.8 Å². The van der Waals surface area contributed by atoms with Crippen LogP contribution in [-0.2, 0) is 14.2 Å². The van der Waals surface area contributed by atoms with Crippen molar-refractivity contribution in [3.05, 3.63) is 47.0 Å². The highest BCUT2D eigenvalue weighted by atomic mass is 19.1. The minimum absolute atomic E-state index is 0.151. The summed E-state index contributed by atoms with van der Waals surface area (Å²) in [5.41, 5.74) is 5.12. The van der Waals surface area contributed by atoms with Crippen molar-refractivity contribution >= 4 is 11.0 Å². The zero-order valence-corrected chi connectivity index (χ0v) is 17.4. The van der Waals surface area contributed by atoms with Gasteiger partial charge in [0.15, 0.2) is 12.4 Å². The van der Waals surface area contributed by atoms with E-state index in [1.54, 1.807) is 6.20 Å². The molecule has 2 aromatic heterocycles. The molecule has 1 aliphatic rings. The molecule has 1 aromatic carbocycles. The maximum absolute atomic E-state index is 15.0. The normalized spacial score (nSPS) is 23.5. The standard InChI is InChI=1S/C21H25FN4O5/c1-28-11-16-18(29-2)17(22)20(31-16)26-10-12-9-14(24-19(12)25-21(26)27)13-5-3-4-6-15(13)30-8-7-23/h3-6,9-10,16-18,20H,7-8,11,23H2,1-2H3,(H,24,25,27)/p+1/t16-,17+,18?,20-/m1/s1. The van der Waals surface area contributed by atoms with Crippen LogP contribution in [0.1, 0.15) is 6.23 Å². The molecule has 9 nitrogen and oxygen atoms in total. The molecule has 0 radical (unpaired) electrons. The Morgan fingerprint density at radius 3 is 2.87 bits per heavy atom. The van der Waals surface area contributed by atoms with E-state index in [9.17, 15) is 4.79 Å². The van der Waals surface area contributed by atoms with Crippen molar-refractivity contribution in [3.8, 4) is 17.0 Å². The summed E-state index contributed by atoms with van der Waals surface area (Å²) in [4.78, 5) is 19.9. The van der Waals surface area contributed by atoms with Crippen molar-refractivity contribution in [1.82, 2.24) is 14.5 Å². The third-order valence-electron chi connectivity index (χ3n) is 5.26. The Morgan fingerprint density at radius 2 is 2.13 bits per heavy atom. The predicted octanol–water partition coefficient (Wildman–Crippen LogP) is 0.909. The number of aromatic nitrogens is 3. The summed E-state index contributed by atoms with van der Waals surface area (Å²) in [6, 6.07) is 9.39. The molecule has 1 aliphatic heterocycles. The number of hydrogen-bond donors (Lipinski definition) is 2. The number of nitrogens with one attached hydrogen (secondary N) is 1. The van der Waals surface area contributed by atoms with Crippen molar-refractivity contribution in [1.29, 1.82) is 0 Å². The van der Waals surface area contributed by atoms with Crippen LogP contribution in [-0.4, -0.2) is 66.9 Å². The van der Waals surface area contributed by atoms with E-state index < -0.39 is 30.3 Å². The number of aromatic amines is 1. The van der Waals surface area contributed by atoms with Crippen LogP contribution in [0.5, 0.6) is 5.75 Å². The van der Waals surface area contributed by atoms with Crippen LogP contribution in [0.2, 0.25) is 0 Å². The molecule has 3 heterocycles. The lowest BCUT2D eigenvalue weighted by Gasteiger charge is -2.16. The highest BCUT2D eigenvalue weighted by Crippen LogP contribution is 2.34. The van der Waals surface area contributed by atoms with Crippen molar-refractivity contribution in [2.75, 3.05) is 34.0 Å². The van der Waals surface area contributed by atoms with Gasteiger partial charge in [0.25, 0.3) is 0 Å². The second-order valence-electron chi connectivity index (χ2n) is 7.28. The number of quaternary nitrogens is 1. The minimum atomic E-state index is -1.54. The maximum Gasteiger partial charge on any atom is 0.351 e. The Morgan fingerprint density at radius 1 is 1.32 bits per heavy atom. The number of alkyl halides is 1. The van der Waals surface area contributed by atoms with E-state index in [-0.39, 0.29) is 6.61 Å². The predicted molar refractivity (Wildman–Crippen MR) is 111 cm³/mol. The van der Waals surface area contributed by atoms with E-state index in [4.69, 9.17) is 18.9 Å². The Hall–Kier alpha value is -2.79. The van der Waals surface area contributed by atoms with E-state index in [0.29, 0.717) is 29.9 Å². The zero-order valence-electron chi connectivity index (χ0n) is 17.4. The molecular formula is C21H26FN4O5+. The van der Waals surface area contributed by atoms with Crippen molar-refractivity contribution in [3.63, 3.8) is 0 Å². The van der Waals surface area contributed by atoms with Crippen molar-refractivity contribution in [2.24, 2.45) is 0 Å². The average Bonchev–Trinajstić information content (AvgIpc) is 3.32. The molecule has 0 saturated carbocycles. The van der Waals surface area contributed by atoms with Crippen molar-refractivity contribution < 1.29 is 29.1 Å². The number of nitrogens with zero attached hydrogens (tertiary/aromatic N) is 2. The highest BCUT2D eigenvalue weighted by molar-refractivity contribution is 5.83. The largest absolute Gasteiger partial charge is 0.487 e. The number of methoxy groups -OCH3 is 2. The fraction of sp³-hybridized carbons (Fsp3) is 0.429. The van der Waals surface area contributed by atoms with Crippen LogP contribution >= 0.6 is 0 Å². The minimum Gasteiger partial charge on any atom is -0.487 e. The van der Waals surface area contributed by atoms with E-state index >= 15 is 4.39 Å². The summed E-state index contributed by atoms with van der Waals surface area (Å²) in [6.07, 6.45) is -2.62. The van der Waals surface area contributed by atoms with E-state index in [1.165, 1.54) is 14.2 Å². The van der Waals surface area contributed by atoms with Crippen LogP contribution in [0.3, 0.4) is 0 Å². The lowest BCUT2D eigenvalue weighted by Crippen LogP contribution is -2.52. The number of hydrogen-bond acceptors (Lipinski definition) is 6. The Balaban J connectivity index is 1.70. The quantitative estimate of drug-likeness (QED) is 0.546. The molecule has 4 rings (SSSR count). The summed E-state index contributed by atoms with van der Waals surface area (Å²) in [5, 5.41) is 0.640. The summed E-state index contributed by atoms with van der Waals surface area (Å²) in [5.74, 6) is 0.696. The third kappa shape index (κ3) is 4.07. The molecular weight excluding hydrogens is 407 g/mol. The van der Waals surface area contributed by atoms with Gasteiger partial charge in [-0.1, -0.05) is 12.1 Å². The molecule has 4 atom stereocenters. The molecule has 0 aliphatic carbocycles. The van der Waals surface area contributed by atoms with E-state index in [0.717, 1.165) is 15.8 Å². The number of benzene rings is 1. The molecule has 10 heteroatoms. The number of para-hydroxylation sites is 1. The first-order chi connectivity index (χ1) is 15.1. The second kappa shape index (κ2) is 9.15. The van der Waals surface area contributed by atoms with E-state index in [1.807, 2.05) is 30.3 Å². The van der Waals surface area contributed by atoms with Crippen LogP contribution < -0.4 is 16.2 Å². The Kier molecular flexibility index (Phi) is 6.33. The molecule has 3 aromatic rings. The molecule has 31 heavy (non-hydrogen) atoms. The topological polar surface area (TPSA) is 115 Å². The first-order valence-corrected chi connectivity index (χ1v) is 10.0. The summed E-state index contributed by atoms with van der Waals surface area (Å²) in [7, 11) is 2.90. The summed E-state index contributed by atoms with van der Waals surface area (Å²) < 4.78 is 38.0. The number of H-pyrrole nitrogens is 1. The summed E-state index contributed by atoms with van der Waals surface area (Å²) in [6.45, 7) is 1.28. The molecule has 1 fully saturated rings. The first-order valence-electron chi connectivity index (χ1n) is 10.0.